The Hall–Kier alpha value is -2.45. The Morgan fingerprint density at radius 3 is 2.33 bits per heavy atom. The number of hydrogen-bond acceptors (Lipinski definition) is 3. The molecule has 2 aromatic rings. The van der Waals surface area contributed by atoms with Crippen molar-refractivity contribution in [3.05, 3.63) is 54.4 Å². The number of nitrogens with one attached hydrogen (secondary N) is 3. The summed E-state index contributed by atoms with van der Waals surface area (Å²) in [6.45, 7) is 0.400. The molecule has 4 N–H and O–H groups in total. The van der Waals surface area contributed by atoms with Crippen LogP contribution in [0.5, 0.6) is 0 Å². The number of urea groups is 1. The van der Waals surface area contributed by atoms with Gasteiger partial charge in [-0.05, 0) is 42.0 Å². The summed E-state index contributed by atoms with van der Waals surface area (Å²) in [6, 6.07) is 9.73. The Balaban J connectivity index is 1.83. The second-order valence-electron chi connectivity index (χ2n) is 4.09. The van der Waals surface area contributed by atoms with Crippen LogP contribution in [0.3, 0.4) is 0 Å². The number of anilines is 2. The van der Waals surface area contributed by atoms with E-state index >= 15 is 0 Å². The van der Waals surface area contributed by atoms with Gasteiger partial charge in [0.25, 0.3) is 11.3 Å². The minimum absolute atomic E-state index is 0.335. The molecule has 0 aliphatic heterocycles. The molecule has 1 aromatic heterocycles. The lowest BCUT2D eigenvalue weighted by molar-refractivity contribution is 0.251. The van der Waals surface area contributed by atoms with Gasteiger partial charge in [0.1, 0.15) is 0 Å². The highest BCUT2D eigenvalue weighted by atomic mass is 32.2. The summed E-state index contributed by atoms with van der Waals surface area (Å²) >= 11 is -2.11. The summed E-state index contributed by atoms with van der Waals surface area (Å²) in [5.74, 6) is 0. The summed E-state index contributed by atoms with van der Waals surface area (Å²) < 4.78 is 21.6. The van der Waals surface area contributed by atoms with Crippen LogP contribution in [0, 0.1) is 0 Å². The Kier molecular flexibility index (Phi) is 5.24. The van der Waals surface area contributed by atoms with Gasteiger partial charge in [0.2, 0.25) is 0 Å². The van der Waals surface area contributed by atoms with E-state index in [1.807, 2.05) is 12.1 Å². The third kappa shape index (κ3) is 5.21. The van der Waals surface area contributed by atoms with E-state index in [1.165, 1.54) is 0 Å². The van der Waals surface area contributed by atoms with E-state index in [2.05, 4.69) is 20.3 Å². The summed E-state index contributed by atoms with van der Waals surface area (Å²) in [5, 5.41) is 5.37. The van der Waals surface area contributed by atoms with Gasteiger partial charge < -0.3 is 10.6 Å². The molecule has 1 atom stereocenters. The number of carbonyl (C=O) groups is 1. The van der Waals surface area contributed by atoms with E-state index in [0.717, 1.165) is 5.56 Å². The first-order chi connectivity index (χ1) is 10.1. The zero-order valence-corrected chi connectivity index (χ0v) is 11.8. The summed E-state index contributed by atoms with van der Waals surface area (Å²) in [7, 11) is 0. The van der Waals surface area contributed by atoms with Crippen molar-refractivity contribution >= 4 is 28.7 Å². The number of benzene rings is 1. The van der Waals surface area contributed by atoms with Crippen molar-refractivity contribution in [3.8, 4) is 0 Å². The van der Waals surface area contributed by atoms with Crippen molar-refractivity contribution in [2.75, 3.05) is 10.0 Å². The fraction of sp³-hybridized carbons (Fsp3) is 0.0769. The number of nitrogens with zero attached hydrogens (tertiary/aromatic N) is 1. The molecule has 0 bridgehead atoms. The normalized spacial score (nSPS) is 11.5. The van der Waals surface area contributed by atoms with Crippen molar-refractivity contribution in [3.63, 3.8) is 0 Å². The monoisotopic (exact) mass is 306 g/mol. The maximum absolute atomic E-state index is 11.7. The summed E-state index contributed by atoms with van der Waals surface area (Å²) in [6.07, 6.45) is 3.32. The number of pyridine rings is 1. The molecule has 7 nitrogen and oxygen atoms in total. The van der Waals surface area contributed by atoms with Crippen LogP contribution < -0.4 is 15.4 Å². The van der Waals surface area contributed by atoms with Crippen molar-refractivity contribution in [1.29, 1.82) is 0 Å². The first kappa shape index (κ1) is 14.9. The minimum Gasteiger partial charge on any atom is -0.334 e. The van der Waals surface area contributed by atoms with E-state index in [0.29, 0.717) is 17.9 Å². The molecule has 0 saturated carbocycles. The molecule has 21 heavy (non-hydrogen) atoms. The standard InChI is InChI=1S/C13H14N4O3S/c18-13(15-9-10-5-7-14-8-6-10)16-11-1-3-12(4-2-11)17-21(19)20/h1-8,17H,9H2,(H,19,20)(H2,15,16,18). The number of amides is 2. The predicted octanol–water partition coefficient (Wildman–Crippen LogP) is 1.95. The topological polar surface area (TPSA) is 103 Å². The van der Waals surface area contributed by atoms with E-state index in [9.17, 15) is 9.00 Å². The van der Waals surface area contributed by atoms with Crippen molar-refractivity contribution in [2.45, 2.75) is 6.54 Å². The number of aromatic nitrogens is 1. The molecule has 0 aliphatic rings. The van der Waals surface area contributed by atoms with Gasteiger partial charge in [0.15, 0.2) is 0 Å². The molecule has 2 amide bonds. The molecule has 8 heteroatoms. The van der Waals surface area contributed by atoms with Crippen LogP contribution in [0.4, 0.5) is 16.2 Å². The lowest BCUT2D eigenvalue weighted by Gasteiger charge is -2.08. The Labute approximate surface area is 124 Å². The molecular formula is C13H14N4O3S. The van der Waals surface area contributed by atoms with Crippen molar-refractivity contribution in [1.82, 2.24) is 10.3 Å². The van der Waals surface area contributed by atoms with E-state index in [1.54, 1.807) is 36.7 Å². The van der Waals surface area contributed by atoms with Crippen LogP contribution in [-0.2, 0) is 17.8 Å². The van der Waals surface area contributed by atoms with Crippen LogP contribution >= 0.6 is 0 Å². The lowest BCUT2D eigenvalue weighted by Crippen LogP contribution is -2.28. The average molecular weight is 306 g/mol. The highest BCUT2D eigenvalue weighted by Crippen LogP contribution is 2.13. The van der Waals surface area contributed by atoms with E-state index in [-0.39, 0.29) is 6.03 Å². The molecule has 0 fully saturated rings. The molecule has 0 saturated heterocycles. The van der Waals surface area contributed by atoms with Crippen molar-refractivity contribution < 1.29 is 13.6 Å². The smallest absolute Gasteiger partial charge is 0.319 e. The fourth-order valence-electron chi connectivity index (χ4n) is 1.58. The molecule has 0 aliphatic carbocycles. The van der Waals surface area contributed by atoms with Gasteiger partial charge in [0.05, 0.1) is 0 Å². The summed E-state index contributed by atoms with van der Waals surface area (Å²) in [4.78, 5) is 15.6. The number of carbonyl (C=O) groups excluding carboxylic acids is 1. The van der Waals surface area contributed by atoms with Gasteiger partial charge in [0, 0.05) is 30.3 Å². The molecule has 1 unspecified atom stereocenters. The number of rotatable bonds is 5. The van der Waals surface area contributed by atoms with Gasteiger partial charge in [-0.3, -0.25) is 14.3 Å². The van der Waals surface area contributed by atoms with Crippen LogP contribution in [0.2, 0.25) is 0 Å². The molecule has 1 aromatic carbocycles. The van der Waals surface area contributed by atoms with Crippen LogP contribution in [-0.4, -0.2) is 19.8 Å². The Bertz CT molecular complexity index is 619. The first-order valence-corrected chi connectivity index (χ1v) is 7.15. The highest BCUT2D eigenvalue weighted by molar-refractivity contribution is 7.80. The van der Waals surface area contributed by atoms with Crippen molar-refractivity contribution in [2.24, 2.45) is 0 Å². The zero-order chi connectivity index (χ0) is 15.1. The molecule has 110 valence electrons. The predicted molar refractivity (Wildman–Crippen MR) is 80.9 cm³/mol. The minimum atomic E-state index is -2.11. The molecule has 1 heterocycles. The SMILES string of the molecule is O=C(NCc1ccncc1)Nc1ccc(NS(=O)O)cc1. The maximum Gasteiger partial charge on any atom is 0.319 e. The van der Waals surface area contributed by atoms with Gasteiger partial charge in [-0.1, -0.05) is 0 Å². The molecule has 0 spiro atoms. The van der Waals surface area contributed by atoms with Gasteiger partial charge in [-0.15, -0.1) is 0 Å². The number of hydrogen-bond donors (Lipinski definition) is 4. The lowest BCUT2D eigenvalue weighted by atomic mass is 10.3. The van der Waals surface area contributed by atoms with Crippen LogP contribution in [0.1, 0.15) is 5.56 Å². The fourth-order valence-corrected chi connectivity index (χ4v) is 1.92. The highest BCUT2D eigenvalue weighted by Gasteiger charge is 2.02. The first-order valence-electron chi connectivity index (χ1n) is 6.05. The second kappa shape index (κ2) is 7.36. The van der Waals surface area contributed by atoms with E-state index < -0.39 is 11.3 Å². The van der Waals surface area contributed by atoms with Crippen LogP contribution in [0.15, 0.2) is 48.8 Å². The molecule has 2 rings (SSSR count). The Morgan fingerprint density at radius 2 is 1.71 bits per heavy atom. The quantitative estimate of drug-likeness (QED) is 0.634. The molecule has 0 radical (unpaired) electrons. The largest absolute Gasteiger partial charge is 0.334 e. The zero-order valence-electron chi connectivity index (χ0n) is 10.9. The average Bonchev–Trinajstić information content (AvgIpc) is 2.48. The van der Waals surface area contributed by atoms with Gasteiger partial charge in [-0.2, -0.15) is 0 Å². The second-order valence-corrected chi connectivity index (χ2v) is 4.79. The maximum atomic E-state index is 11.7. The molecular weight excluding hydrogens is 292 g/mol. The van der Waals surface area contributed by atoms with Gasteiger partial charge >= 0.3 is 6.03 Å². The van der Waals surface area contributed by atoms with E-state index in [4.69, 9.17) is 4.55 Å². The third-order valence-corrected chi connectivity index (χ3v) is 2.96. The third-order valence-electron chi connectivity index (χ3n) is 2.55. The Morgan fingerprint density at radius 1 is 1.10 bits per heavy atom. The van der Waals surface area contributed by atoms with Crippen LogP contribution in [0.25, 0.3) is 0 Å². The van der Waals surface area contributed by atoms with Gasteiger partial charge in [-0.25, -0.2) is 9.00 Å². The summed E-state index contributed by atoms with van der Waals surface area (Å²) in [5.41, 5.74) is 2.01.